The number of thiophene rings is 1. The number of methoxy groups -OCH3 is 1. The quantitative estimate of drug-likeness (QED) is 0.756. The van der Waals surface area contributed by atoms with Gasteiger partial charge in [-0.05, 0) is 19.1 Å². The van der Waals surface area contributed by atoms with Crippen LogP contribution in [-0.2, 0) is 0 Å². The first-order chi connectivity index (χ1) is 6.24. The van der Waals surface area contributed by atoms with Crippen LogP contribution >= 0.6 is 11.3 Å². The summed E-state index contributed by atoms with van der Waals surface area (Å²) in [5, 5.41) is 11.4. The van der Waals surface area contributed by atoms with Crippen molar-refractivity contribution in [3.63, 3.8) is 0 Å². The second-order valence-corrected chi connectivity index (χ2v) is 3.88. The summed E-state index contributed by atoms with van der Waals surface area (Å²) in [6, 6.07) is 5.52. The fourth-order valence-electron chi connectivity index (χ4n) is 1.45. The molecule has 2 rings (SSSR count). The van der Waals surface area contributed by atoms with Crippen LogP contribution in [0.3, 0.4) is 0 Å². The lowest BCUT2D eigenvalue weighted by molar-refractivity contribution is 0.424. The Hall–Kier alpha value is -1.22. The van der Waals surface area contributed by atoms with Crippen molar-refractivity contribution in [1.82, 2.24) is 0 Å². The fourth-order valence-corrected chi connectivity index (χ4v) is 2.50. The molecule has 0 aliphatic heterocycles. The zero-order chi connectivity index (χ0) is 9.42. The SMILES string of the molecule is COc1sc2cccc(O)c2c1C. The van der Waals surface area contributed by atoms with Gasteiger partial charge < -0.3 is 9.84 Å². The van der Waals surface area contributed by atoms with Gasteiger partial charge in [0.25, 0.3) is 0 Å². The number of hydrogen-bond acceptors (Lipinski definition) is 3. The van der Waals surface area contributed by atoms with Crippen LogP contribution in [0, 0.1) is 6.92 Å². The van der Waals surface area contributed by atoms with Crippen molar-refractivity contribution < 1.29 is 9.84 Å². The molecule has 1 aromatic heterocycles. The van der Waals surface area contributed by atoms with Crippen LogP contribution in [0.1, 0.15) is 5.56 Å². The maximum Gasteiger partial charge on any atom is 0.177 e. The molecule has 0 aliphatic carbocycles. The molecule has 1 N–H and O–H groups in total. The molecule has 0 atom stereocenters. The maximum atomic E-state index is 9.61. The third-order valence-corrected chi connectivity index (χ3v) is 3.29. The monoisotopic (exact) mass is 194 g/mol. The molecule has 1 aromatic carbocycles. The first-order valence-corrected chi connectivity index (χ1v) is 4.80. The lowest BCUT2D eigenvalue weighted by Crippen LogP contribution is -1.79. The van der Waals surface area contributed by atoms with E-state index in [1.54, 1.807) is 24.5 Å². The minimum absolute atomic E-state index is 0.328. The molecule has 0 aliphatic rings. The van der Waals surface area contributed by atoms with Gasteiger partial charge in [-0.25, -0.2) is 0 Å². The van der Waals surface area contributed by atoms with E-state index in [1.165, 1.54) is 0 Å². The molecule has 1 heterocycles. The third-order valence-electron chi connectivity index (χ3n) is 2.07. The van der Waals surface area contributed by atoms with E-state index in [4.69, 9.17) is 4.74 Å². The summed E-state index contributed by atoms with van der Waals surface area (Å²) in [6.45, 7) is 1.96. The minimum atomic E-state index is 0.328. The largest absolute Gasteiger partial charge is 0.507 e. The number of benzene rings is 1. The second kappa shape index (κ2) is 2.92. The van der Waals surface area contributed by atoms with Gasteiger partial charge in [0.05, 0.1) is 7.11 Å². The number of phenolic OH excluding ortho intramolecular Hbond substituents is 1. The third kappa shape index (κ3) is 1.16. The first kappa shape index (κ1) is 8.38. The van der Waals surface area contributed by atoms with Crippen LogP contribution in [0.5, 0.6) is 10.8 Å². The molecule has 0 unspecified atom stereocenters. The molecule has 0 saturated heterocycles. The summed E-state index contributed by atoms with van der Waals surface area (Å²) >= 11 is 1.56. The molecular formula is C10H10O2S. The van der Waals surface area contributed by atoms with Gasteiger partial charge in [-0.2, -0.15) is 0 Å². The van der Waals surface area contributed by atoms with Gasteiger partial charge in [0.2, 0.25) is 0 Å². The van der Waals surface area contributed by atoms with Crippen molar-refractivity contribution in [3.05, 3.63) is 23.8 Å². The highest BCUT2D eigenvalue weighted by molar-refractivity contribution is 7.21. The summed E-state index contributed by atoms with van der Waals surface area (Å²) in [7, 11) is 1.65. The van der Waals surface area contributed by atoms with Gasteiger partial charge in [-0.1, -0.05) is 17.4 Å². The Kier molecular flexibility index (Phi) is 1.88. The Morgan fingerprint density at radius 3 is 2.77 bits per heavy atom. The number of aryl methyl sites for hydroxylation is 1. The van der Waals surface area contributed by atoms with E-state index in [0.29, 0.717) is 5.75 Å². The summed E-state index contributed by atoms with van der Waals surface area (Å²) in [4.78, 5) is 0. The van der Waals surface area contributed by atoms with Crippen LogP contribution in [0.25, 0.3) is 10.1 Å². The molecule has 13 heavy (non-hydrogen) atoms. The Bertz CT molecular complexity index is 445. The van der Waals surface area contributed by atoms with Crippen molar-refractivity contribution in [3.8, 4) is 10.8 Å². The van der Waals surface area contributed by atoms with Gasteiger partial charge in [-0.15, -0.1) is 0 Å². The number of hydrogen-bond donors (Lipinski definition) is 1. The smallest absolute Gasteiger partial charge is 0.177 e. The molecule has 0 amide bonds. The summed E-state index contributed by atoms with van der Waals surface area (Å²) < 4.78 is 6.26. The van der Waals surface area contributed by atoms with Crippen LogP contribution in [0.2, 0.25) is 0 Å². The topological polar surface area (TPSA) is 29.5 Å². The molecule has 2 nitrogen and oxygen atoms in total. The van der Waals surface area contributed by atoms with Gasteiger partial charge in [-0.3, -0.25) is 0 Å². The molecule has 3 heteroatoms. The number of phenols is 1. The molecule has 0 saturated carbocycles. The standard InChI is InChI=1S/C10H10O2S/c1-6-9-7(11)4-3-5-8(9)13-10(6)12-2/h3-5,11H,1-2H3. The van der Waals surface area contributed by atoms with Gasteiger partial charge >= 0.3 is 0 Å². The van der Waals surface area contributed by atoms with Gasteiger partial charge in [0.1, 0.15) is 5.75 Å². The minimum Gasteiger partial charge on any atom is -0.507 e. The van der Waals surface area contributed by atoms with Gasteiger partial charge in [0.15, 0.2) is 5.06 Å². The van der Waals surface area contributed by atoms with E-state index in [9.17, 15) is 5.11 Å². The van der Waals surface area contributed by atoms with E-state index in [-0.39, 0.29) is 0 Å². The van der Waals surface area contributed by atoms with Crippen molar-refractivity contribution in [2.45, 2.75) is 6.92 Å². The highest BCUT2D eigenvalue weighted by Crippen LogP contribution is 2.40. The van der Waals surface area contributed by atoms with E-state index in [0.717, 1.165) is 20.7 Å². The lowest BCUT2D eigenvalue weighted by atomic mass is 10.2. The predicted molar refractivity (Wildman–Crippen MR) is 54.8 cm³/mol. The fraction of sp³-hybridized carbons (Fsp3) is 0.200. The molecule has 2 aromatic rings. The Morgan fingerprint density at radius 2 is 2.15 bits per heavy atom. The summed E-state index contributed by atoms with van der Waals surface area (Å²) in [6.07, 6.45) is 0. The van der Waals surface area contributed by atoms with Crippen molar-refractivity contribution >= 4 is 21.4 Å². The van der Waals surface area contributed by atoms with Crippen LogP contribution in [0.4, 0.5) is 0 Å². The molecule has 0 spiro atoms. The highest BCUT2D eigenvalue weighted by Gasteiger charge is 2.10. The average molecular weight is 194 g/mol. The second-order valence-electron chi connectivity index (χ2n) is 2.87. The number of ether oxygens (including phenoxy) is 1. The highest BCUT2D eigenvalue weighted by atomic mass is 32.1. The maximum absolute atomic E-state index is 9.61. The summed E-state index contributed by atoms with van der Waals surface area (Å²) in [5.74, 6) is 0.328. The first-order valence-electron chi connectivity index (χ1n) is 3.99. The van der Waals surface area contributed by atoms with Crippen molar-refractivity contribution in [2.24, 2.45) is 0 Å². The van der Waals surface area contributed by atoms with Crippen molar-refractivity contribution in [1.29, 1.82) is 0 Å². The zero-order valence-electron chi connectivity index (χ0n) is 7.50. The van der Waals surface area contributed by atoms with Crippen LogP contribution in [0.15, 0.2) is 18.2 Å². The average Bonchev–Trinajstić information content (AvgIpc) is 2.44. The number of rotatable bonds is 1. The zero-order valence-corrected chi connectivity index (χ0v) is 8.31. The van der Waals surface area contributed by atoms with E-state index in [2.05, 4.69) is 0 Å². The van der Waals surface area contributed by atoms with Crippen molar-refractivity contribution in [2.75, 3.05) is 7.11 Å². The van der Waals surface area contributed by atoms with Gasteiger partial charge in [0, 0.05) is 15.6 Å². The molecule has 0 radical (unpaired) electrons. The lowest BCUT2D eigenvalue weighted by Gasteiger charge is -1.96. The van der Waals surface area contributed by atoms with Crippen LogP contribution < -0.4 is 4.74 Å². The Balaban J connectivity index is 2.85. The van der Waals surface area contributed by atoms with E-state index < -0.39 is 0 Å². The number of fused-ring (bicyclic) bond motifs is 1. The Morgan fingerprint density at radius 1 is 1.38 bits per heavy atom. The Labute approximate surface area is 80.4 Å². The molecular weight excluding hydrogens is 184 g/mol. The summed E-state index contributed by atoms with van der Waals surface area (Å²) in [5.41, 5.74) is 1.01. The number of aromatic hydroxyl groups is 1. The predicted octanol–water partition coefficient (Wildman–Crippen LogP) is 2.92. The van der Waals surface area contributed by atoms with E-state index >= 15 is 0 Å². The van der Waals surface area contributed by atoms with Crippen LogP contribution in [-0.4, -0.2) is 12.2 Å². The van der Waals surface area contributed by atoms with E-state index in [1.807, 2.05) is 19.1 Å². The molecule has 68 valence electrons. The molecule has 0 fully saturated rings. The normalized spacial score (nSPS) is 10.6. The molecule has 0 bridgehead atoms.